The first-order valence-electron chi connectivity index (χ1n) is 4.34. The molecule has 0 aliphatic carbocycles. The lowest BCUT2D eigenvalue weighted by Gasteiger charge is -2.38. The smallest absolute Gasteiger partial charge is 0.394 e. The summed E-state index contributed by atoms with van der Waals surface area (Å²) in [5.74, 6) is 0. The van der Waals surface area contributed by atoms with Crippen LogP contribution in [0.5, 0.6) is 0 Å². The van der Waals surface area contributed by atoms with E-state index in [0.717, 1.165) is 0 Å². The highest BCUT2D eigenvalue weighted by atomic mass is 32.3. The van der Waals surface area contributed by atoms with Gasteiger partial charge < -0.3 is 30.9 Å². The number of aliphatic hydroxyl groups excluding tert-OH is 4. The minimum Gasteiger partial charge on any atom is -0.394 e. The normalized spacial score (nSPS) is 38.2. The van der Waals surface area contributed by atoms with Gasteiger partial charge in [0.15, 0.2) is 6.29 Å². The summed E-state index contributed by atoms with van der Waals surface area (Å²) in [5.41, 5.74) is 5.26. The molecular weight excluding hydrogens is 262 g/mol. The fourth-order valence-corrected chi connectivity index (χ4v) is 1.12. The first-order chi connectivity index (χ1) is 7.57. The van der Waals surface area contributed by atoms with E-state index in [-0.39, 0.29) is 0 Å². The maximum absolute atomic E-state index is 9.20. The number of ether oxygens (including phenoxy) is 1. The SMILES string of the molecule is N[C@H]1C(O)O[C@H](CO)[C@@H](O)[C@@H]1O.O=S(=O)(O)O. The van der Waals surface area contributed by atoms with E-state index in [0.29, 0.717) is 0 Å². The molecule has 1 heterocycles. The van der Waals surface area contributed by atoms with Crippen molar-refractivity contribution in [2.75, 3.05) is 6.61 Å². The minimum absolute atomic E-state index is 0.470. The third kappa shape index (κ3) is 6.21. The number of hydrogen-bond acceptors (Lipinski definition) is 8. The highest BCUT2D eigenvalue weighted by Gasteiger charge is 2.41. The second-order valence-corrected chi connectivity index (χ2v) is 4.15. The Balaban J connectivity index is 0.000000437. The zero-order valence-electron chi connectivity index (χ0n) is 8.49. The van der Waals surface area contributed by atoms with Gasteiger partial charge in [-0.1, -0.05) is 0 Å². The molecule has 5 atom stereocenters. The molecule has 0 radical (unpaired) electrons. The summed E-state index contributed by atoms with van der Waals surface area (Å²) >= 11 is 0. The molecule has 1 saturated heterocycles. The lowest BCUT2D eigenvalue weighted by atomic mass is 9.98. The number of nitrogens with two attached hydrogens (primary N) is 1. The highest BCUT2D eigenvalue weighted by molar-refractivity contribution is 7.79. The van der Waals surface area contributed by atoms with Crippen LogP contribution in [-0.4, -0.2) is 75.2 Å². The molecule has 0 bridgehead atoms. The predicted octanol–water partition coefficient (Wildman–Crippen LogP) is -3.91. The minimum atomic E-state index is -4.67. The molecule has 8 N–H and O–H groups in total. The van der Waals surface area contributed by atoms with E-state index in [1.165, 1.54) is 0 Å². The summed E-state index contributed by atoms with van der Waals surface area (Å²) in [7, 11) is -4.67. The molecule has 1 unspecified atom stereocenters. The molecule has 0 aromatic heterocycles. The molecule has 0 amide bonds. The van der Waals surface area contributed by atoms with Gasteiger partial charge in [0.1, 0.15) is 18.3 Å². The average molecular weight is 277 g/mol. The average Bonchev–Trinajstić information content (AvgIpc) is 2.18. The topological polar surface area (TPSA) is 191 Å². The van der Waals surface area contributed by atoms with Gasteiger partial charge in [-0.2, -0.15) is 8.42 Å². The van der Waals surface area contributed by atoms with E-state index in [1.54, 1.807) is 0 Å². The molecule has 17 heavy (non-hydrogen) atoms. The molecule has 1 rings (SSSR count). The summed E-state index contributed by atoms with van der Waals surface area (Å²) in [5, 5.41) is 36.1. The van der Waals surface area contributed by atoms with E-state index >= 15 is 0 Å². The van der Waals surface area contributed by atoms with Crippen molar-refractivity contribution in [3.63, 3.8) is 0 Å². The van der Waals surface area contributed by atoms with Gasteiger partial charge in [0.2, 0.25) is 0 Å². The molecule has 0 aromatic carbocycles. The van der Waals surface area contributed by atoms with E-state index in [2.05, 4.69) is 0 Å². The molecule has 10 nitrogen and oxygen atoms in total. The molecule has 1 fully saturated rings. The number of aliphatic hydroxyl groups is 4. The molecule has 104 valence electrons. The quantitative estimate of drug-likeness (QED) is 0.233. The number of rotatable bonds is 1. The van der Waals surface area contributed by atoms with Crippen LogP contribution in [0.3, 0.4) is 0 Å². The van der Waals surface area contributed by atoms with Crippen LogP contribution >= 0.6 is 0 Å². The van der Waals surface area contributed by atoms with Gasteiger partial charge in [0.05, 0.1) is 12.6 Å². The molecule has 0 saturated carbocycles. The fourth-order valence-electron chi connectivity index (χ4n) is 1.12. The Hall–Kier alpha value is -0.370. The standard InChI is InChI=1S/C6H13NO5.H2O4S/c7-3-5(10)4(9)2(1-8)12-6(3)11;1-5(2,3)4/h2-6,8-11H,1,7H2;(H2,1,2,3,4)/t2-,3-,4-,5-,6?;/m1./s1. The number of hydrogen-bond donors (Lipinski definition) is 7. The van der Waals surface area contributed by atoms with Crippen molar-refractivity contribution in [2.45, 2.75) is 30.6 Å². The van der Waals surface area contributed by atoms with Crippen molar-refractivity contribution in [3.8, 4) is 0 Å². The van der Waals surface area contributed by atoms with Crippen LogP contribution in [0.15, 0.2) is 0 Å². The lowest BCUT2D eigenvalue weighted by Crippen LogP contribution is -2.61. The van der Waals surface area contributed by atoms with E-state index in [4.69, 9.17) is 38.2 Å². The van der Waals surface area contributed by atoms with Crippen molar-refractivity contribution in [2.24, 2.45) is 5.73 Å². The molecular formula is C6H15NO9S. The summed E-state index contributed by atoms with van der Waals surface area (Å²) in [6, 6.07) is -1.04. The van der Waals surface area contributed by atoms with E-state index in [1.807, 2.05) is 0 Å². The first kappa shape index (κ1) is 16.6. The zero-order valence-corrected chi connectivity index (χ0v) is 9.30. The molecule has 1 aliphatic rings. The van der Waals surface area contributed by atoms with Gasteiger partial charge in [0.25, 0.3) is 0 Å². The molecule has 0 spiro atoms. The lowest BCUT2D eigenvalue weighted by molar-refractivity contribution is -0.248. The fraction of sp³-hybridized carbons (Fsp3) is 1.00. The van der Waals surface area contributed by atoms with Crippen LogP contribution in [0.25, 0.3) is 0 Å². The largest absolute Gasteiger partial charge is 0.394 e. The summed E-state index contributed by atoms with van der Waals surface area (Å²) in [4.78, 5) is 0. The monoisotopic (exact) mass is 277 g/mol. The second kappa shape index (κ2) is 6.53. The van der Waals surface area contributed by atoms with Crippen LogP contribution in [0, 0.1) is 0 Å². The van der Waals surface area contributed by atoms with Gasteiger partial charge in [0, 0.05) is 0 Å². The van der Waals surface area contributed by atoms with Crippen molar-refractivity contribution < 1.29 is 42.7 Å². The molecule has 1 aliphatic heterocycles. The summed E-state index contributed by atoms with van der Waals surface area (Å²) < 4.78 is 36.3. The van der Waals surface area contributed by atoms with Crippen molar-refractivity contribution in [1.29, 1.82) is 0 Å². The third-order valence-corrected chi connectivity index (χ3v) is 1.95. The zero-order chi connectivity index (χ0) is 13.8. The van der Waals surface area contributed by atoms with Crippen LogP contribution in [-0.2, 0) is 15.1 Å². The Kier molecular flexibility index (Phi) is 6.39. The Labute approximate surface area is 96.8 Å². The Morgan fingerprint density at radius 3 is 1.88 bits per heavy atom. The predicted molar refractivity (Wildman–Crippen MR) is 52.1 cm³/mol. The van der Waals surface area contributed by atoms with Crippen LogP contribution in [0.2, 0.25) is 0 Å². The Bertz CT molecular complexity index is 307. The van der Waals surface area contributed by atoms with Crippen LogP contribution < -0.4 is 5.73 Å². The molecule has 11 heteroatoms. The maximum Gasteiger partial charge on any atom is 0.394 e. The van der Waals surface area contributed by atoms with Crippen LogP contribution in [0.1, 0.15) is 0 Å². The highest BCUT2D eigenvalue weighted by Crippen LogP contribution is 2.17. The Morgan fingerprint density at radius 2 is 1.53 bits per heavy atom. The van der Waals surface area contributed by atoms with E-state index in [9.17, 15) is 10.2 Å². The van der Waals surface area contributed by atoms with Gasteiger partial charge in [-0.25, -0.2) is 0 Å². The van der Waals surface area contributed by atoms with Gasteiger partial charge >= 0.3 is 10.4 Å². The Morgan fingerprint density at radius 1 is 1.12 bits per heavy atom. The van der Waals surface area contributed by atoms with Crippen molar-refractivity contribution >= 4 is 10.4 Å². The van der Waals surface area contributed by atoms with Gasteiger partial charge in [-0.05, 0) is 0 Å². The summed E-state index contributed by atoms with van der Waals surface area (Å²) in [6.07, 6.45) is -4.85. The van der Waals surface area contributed by atoms with Crippen molar-refractivity contribution in [3.05, 3.63) is 0 Å². The maximum atomic E-state index is 9.20. The summed E-state index contributed by atoms with van der Waals surface area (Å²) in [6.45, 7) is -0.470. The van der Waals surface area contributed by atoms with E-state index < -0.39 is 47.6 Å². The molecule has 0 aromatic rings. The van der Waals surface area contributed by atoms with Crippen molar-refractivity contribution in [1.82, 2.24) is 0 Å². The van der Waals surface area contributed by atoms with Gasteiger partial charge in [-0.15, -0.1) is 0 Å². The second-order valence-electron chi connectivity index (χ2n) is 3.25. The first-order valence-corrected chi connectivity index (χ1v) is 5.73. The van der Waals surface area contributed by atoms with Gasteiger partial charge in [-0.3, -0.25) is 9.11 Å². The third-order valence-electron chi connectivity index (χ3n) is 1.95. The van der Waals surface area contributed by atoms with Crippen LogP contribution in [0.4, 0.5) is 0 Å².